The molecule has 2 aromatic rings. The first-order valence-electron chi connectivity index (χ1n) is 6.24. The Kier molecular flexibility index (Phi) is 3.09. The molecule has 0 unspecified atom stereocenters. The van der Waals surface area contributed by atoms with Crippen LogP contribution in [0.25, 0.3) is 11.4 Å². The van der Waals surface area contributed by atoms with E-state index in [9.17, 15) is 9.18 Å². The van der Waals surface area contributed by atoms with Crippen molar-refractivity contribution in [3.05, 3.63) is 30.1 Å². The normalized spacial score (nSPS) is 18.4. The van der Waals surface area contributed by atoms with Gasteiger partial charge in [0.15, 0.2) is 0 Å². The summed E-state index contributed by atoms with van der Waals surface area (Å²) in [6, 6.07) is 5.26. The van der Waals surface area contributed by atoms with Crippen LogP contribution in [0.2, 0.25) is 0 Å². The Hall–Kier alpha value is -2.44. The summed E-state index contributed by atoms with van der Waals surface area (Å²) in [5, 5.41) is 12.9. The number of aliphatic carboxylic acids is 1. The van der Waals surface area contributed by atoms with E-state index in [4.69, 9.17) is 9.63 Å². The van der Waals surface area contributed by atoms with E-state index in [0.717, 1.165) is 6.42 Å². The first-order valence-corrected chi connectivity index (χ1v) is 6.24. The van der Waals surface area contributed by atoms with Crippen molar-refractivity contribution in [2.75, 3.05) is 11.4 Å². The molecule has 1 atom stereocenters. The third-order valence-corrected chi connectivity index (χ3v) is 3.30. The number of anilines is 1. The number of rotatable bonds is 3. The zero-order valence-corrected chi connectivity index (χ0v) is 10.5. The van der Waals surface area contributed by atoms with Crippen molar-refractivity contribution in [2.45, 2.75) is 18.9 Å². The molecule has 1 N–H and O–H groups in total. The second-order valence-electron chi connectivity index (χ2n) is 4.60. The van der Waals surface area contributed by atoms with Crippen LogP contribution in [-0.2, 0) is 4.79 Å². The number of benzene rings is 1. The predicted octanol–water partition coefficient (Wildman–Crippen LogP) is 1.93. The maximum Gasteiger partial charge on any atom is 0.326 e. The number of carboxylic acids is 1. The number of nitrogens with zero attached hydrogens (tertiary/aromatic N) is 3. The van der Waals surface area contributed by atoms with Crippen molar-refractivity contribution in [3.63, 3.8) is 0 Å². The minimum Gasteiger partial charge on any atom is -0.480 e. The minimum absolute atomic E-state index is 0.189. The van der Waals surface area contributed by atoms with Crippen molar-refractivity contribution in [1.29, 1.82) is 0 Å². The predicted molar refractivity (Wildman–Crippen MR) is 67.7 cm³/mol. The summed E-state index contributed by atoms with van der Waals surface area (Å²) in [5.41, 5.74) is 0.618. The van der Waals surface area contributed by atoms with Gasteiger partial charge in [-0.1, -0.05) is 5.16 Å². The average Bonchev–Trinajstić information content (AvgIpc) is 3.08. The van der Waals surface area contributed by atoms with E-state index in [-0.39, 0.29) is 11.8 Å². The maximum absolute atomic E-state index is 12.9. The standard InChI is InChI=1S/C13H12FN3O3/c14-9-5-3-8(4-6-9)11-15-13(20-16-11)17-7-1-2-10(17)12(18)19/h3-6,10H,1-2,7H2,(H,18,19)/t10-/m0/s1. The molecule has 2 heterocycles. The third kappa shape index (κ3) is 2.22. The Bertz CT molecular complexity index is 626. The van der Waals surface area contributed by atoms with Crippen LogP contribution in [0, 0.1) is 5.82 Å². The van der Waals surface area contributed by atoms with Gasteiger partial charge in [-0.15, -0.1) is 0 Å². The highest BCUT2D eigenvalue weighted by molar-refractivity contribution is 5.78. The highest BCUT2D eigenvalue weighted by Gasteiger charge is 2.34. The molecule has 1 aliphatic rings. The molecule has 0 bridgehead atoms. The quantitative estimate of drug-likeness (QED) is 0.923. The molecule has 7 heteroatoms. The highest BCUT2D eigenvalue weighted by atomic mass is 19.1. The number of aromatic nitrogens is 2. The number of hydrogen-bond donors (Lipinski definition) is 1. The van der Waals surface area contributed by atoms with Gasteiger partial charge in [0, 0.05) is 12.1 Å². The molecule has 1 aromatic heterocycles. The Balaban J connectivity index is 1.86. The number of halogens is 1. The van der Waals surface area contributed by atoms with Gasteiger partial charge in [0.2, 0.25) is 5.82 Å². The molecule has 0 aliphatic carbocycles. The topological polar surface area (TPSA) is 79.5 Å². The molecular weight excluding hydrogens is 265 g/mol. The van der Waals surface area contributed by atoms with Gasteiger partial charge in [0.1, 0.15) is 11.9 Å². The first kappa shape index (κ1) is 12.6. The van der Waals surface area contributed by atoms with Gasteiger partial charge < -0.3 is 14.5 Å². The lowest BCUT2D eigenvalue weighted by atomic mass is 10.2. The maximum atomic E-state index is 12.9. The summed E-state index contributed by atoms with van der Waals surface area (Å²) in [6.45, 7) is 0.571. The molecule has 1 saturated heterocycles. The van der Waals surface area contributed by atoms with E-state index in [1.807, 2.05) is 0 Å². The van der Waals surface area contributed by atoms with E-state index < -0.39 is 12.0 Å². The molecule has 0 spiro atoms. The van der Waals surface area contributed by atoms with Gasteiger partial charge >= 0.3 is 12.0 Å². The fourth-order valence-electron chi connectivity index (χ4n) is 2.30. The van der Waals surface area contributed by atoms with Crippen LogP contribution in [0.4, 0.5) is 10.4 Å². The van der Waals surface area contributed by atoms with Crippen molar-refractivity contribution >= 4 is 12.0 Å². The summed E-state index contributed by atoms with van der Waals surface area (Å²) < 4.78 is 18.0. The van der Waals surface area contributed by atoms with Crippen LogP contribution < -0.4 is 4.90 Å². The van der Waals surface area contributed by atoms with Crippen LogP contribution >= 0.6 is 0 Å². The van der Waals surface area contributed by atoms with Crippen molar-refractivity contribution in [3.8, 4) is 11.4 Å². The fraction of sp³-hybridized carbons (Fsp3) is 0.308. The van der Waals surface area contributed by atoms with Gasteiger partial charge in [-0.05, 0) is 37.1 Å². The van der Waals surface area contributed by atoms with Crippen LogP contribution in [0.1, 0.15) is 12.8 Å². The Morgan fingerprint density at radius 3 is 2.85 bits per heavy atom. The molecule has 1 aromatic carbocycles. The summed E-state index contributed by atoms with van der Waals surface area (Å²) in [7, 11) is 0. The summed E-state index contributed by atoms with van der Waals surface area (Å²) >= 11 is 0. The van der Waals surface area contributed by atoms with Gasteiger partial charge in [-0.3, -0.25) is 0 Å². The van der Waals surface area contributed by atoms with Crippen molar-refractivity contribution in [1.82, 2.24) is 10.1 Å². The van der Waals surface area contributed by atoms with Crippen LogP contribution in [0.3, 0.4) is 0 Å². The second kappa shape index (κ2) is 4.92. The molecule has 0 saturated carbocycles. The zero-order valence-electron chi connectivity index (χ0n) is 10.5. The number of hydrogen-bond acceptors (Lipinski definition) is 5. The SMILES string of the molecule is O=C(O)[C@@H]1CCCN1c1nc(-c2ccc(F)cc2)no1. The van der Waals surface area contributed by atoms with Gasteiger partial charge in [-0.25, -0.2) is 9.18 Å². The third-order valence-electron chi connectivity index (χ3n) is 3.30. The smallest absolute Gasteiger partial charge is 0.326 e. The van der Waals surface area contributed by atoms with Gasteiger partial charge in [0.25, 0.3) is 0 Å². The van der Waals surface area contributed by atoms with Crippen LogP contribution in [0.5, 0.6) is 0 Å². The number of carbonyl (C=O) groups is 1. The average molecular weight is 277 g/mol. The van der Waals surface area contributed by atoms with E-state index in [2.05, 4.69) is 10.1 Å². The van der Waals surface area contributed by atoms with Crippen LogP contribution in [-0.4, -0.2) is 33.8 Å². The minimum atomic E-state index is -0.899. The van der Waals surface area contributed by atoms with Gasteiger partial charge in [-0.2, -0.15) is 4.98 Å². The highest BCUT2D eigenvalue weighted by Crippen LogP contribution is 2.26. The molecule has 6 nitrogen and oxygen atoms in total. The summed E-state index contributed by atoms with van der Waals surface area (Å²) in [6.07, 6.45) is 1.33. The molecule has 20 heavy (non-hydrogen) atoms. The molecule has 1 fully saturated rings. The zero-order chi connectivity index (χ0) is 14.1. The first-order chi connectivity index (χ1) is 9.65. The van der Waals surface area contributed by atoms with Crippen molar-refractivity contribution < 1.29 is 18.8 Å². The van der Waals surface area contributed by atoms with E-state index in [1.54, 1.807) is 17.0 Å². The van der Waals surface area contributed by atoms with E-state index >= 15 is 0 Å². The largest absolute Gasteiger partial charge is 0.480 e. The molecular formula is C13H12FN3O3. The summed E-state index contributed by atoms with van der Waals surface area (Å²) in [5.74, 6) is -0.928. The van der Waals surface area contributed by atoms with E-state index in [0.29, 0.717) is 24.4 Å². The number of carboxylic acid groups (broad SMARTS) is 1. The van der Waals surface area contributed by atoms with Crippen molar-refractivity contribution in [2.24, 2.45) is 0 Å². The molecule has 0 amide bonds. The van der Waals surface area contributed by atoms with E-state index in [1.165, 1.54) is 12.1 Å². The lowest BCUT2D eigenvalue weighted by molar-refractivity contribution is -0.138. The molecule has 104 valence electrons. The Morgan fingerprint density at radius 2 is 2.15 bits per heavy atom. The second-order valence-corrected chi connectivity index (χ2v) is 4.60. The van der Waals surface area contributed by atoms with Crippen LogP contribution in [0.15, 0.2) is 28.8 Å². The monoisotopic (exact) mass is 277 g/mol. The lowest BCUT2D eigenvalue weighted by Crippen LogP contribution is -2.36. The Labute approximate surface area is 113 Å². The molecule has 1 aliphatic heterocycles. The molecule has 3 rings (SSSR count). The summed E-state index contributed by atoms with van der Waals surface area (Å²) in [4.78, 5) is 16.9. The fourth-order valence-corrected chi connectivity index (χ4v) is 2.30. The molecule has 0 radical (unpaired) electrons. The van der Waals surface area contributed by atoms with Gasteiger partial charge in [0.05, 0.1) is 0 Å². The Morgan fingerprint density at radius 1 is 1.40 bits per heavy atom. The lowest BCUT2D eigenvalue weighted by Gasteiger charge is -2.17.